The third kappa shape index (κ3) is 12.7. The first-order valence-corrected chi connectivity index (χ1v) is 14.6. The number of halogens is 6. The molecule has 1 saturated heterocycles. The van der Waals surface area contributed by atoms with Crippen LogP contribution in [0.5, 0.6) is 0 Å². The van der Waals surface area contributed by atoms with Gasteiger partial charge in [-0.05, 0) is 11.1 Å². The maximum absolute atomic E-state index is 12.7. The fourth-order valence-corrected chi connectivity index (χ4v) is 4.12. The number of ether oxygens (including phenoxy) is 6. The average molecular weight is 710 g/mol. The van der Waals surface area contributed by atoms with Gasteiger partial charge in [0.2, 0.25) is 7.59 Å². The van der Waals surface area contributed by atoms with Gasteiger partial charge in [0.1, 0.15) is 31.5 Å². The Morgan fingerprint density at radius 3 is 1.93 bits per heavy atom. The normalized spacial score (nSPS) is 22.7. The maximum atomic E-state index is 12.7. The zero-order valence-electron chi connectivity index (χ0n) is 21.7. The summed E-state index contributed by atoms with van der Waals surface area (Å²) >= 11 is 34.0. The minimum Gasteiger partial charge on any atom is -0.445 e. The van der Waals surface area contributed by atoms with E-state index in [0.717, 1.165) is 11.1 Å². The summed E-state index contributed by atoms with van der Waals surface area (Å²) in [7, 11) is 0. The highest BCUT2D eigenvalue weighted by Crippen LogP contribution is 2.30. The number of alkyl halides is 6. The van der Waals surface area contributed by atoms with E-state index in [0.29, 0.717) is 0 Å². The van der Waals surface area contributed by atoms with Gasteiger partial charge in [0.15, 0.2) is 12.4 Å². The Morgan fingerprint density at radius 2 is 1.36 bits per heavy atom. The van der Waals surface area contributed by atoms with Gasteiger partial charge in [-0.15, -0.1) is 0 Å². The van der Waals surface area contributed by atoms with Crippen molar-refractivity contribution in [2.45, 2.75) is 51.4 Å². The number of carbonyl (C=O) groups excluding carboxylic acids is 2. The van der Waals surface area contributed by atoms with Crippen LogP contribution < -0.4 is 5.32 Å². The van der Waals surface area contributed by atoms with Crippen LogP contribution >= 0.6 is 69.6 Å². The Hall–Kier alpha value is -1.44. The van der Waals surface area contributed by atoms with Crippen LogP contribution in [-0.2, 0) is 41.6 Å². The summed E-state index contributed by atoms with van der Waals surface area (Å²) in [6.07, 6.45) is -7.67. The predicted molar refractivity (Wildman–Crippen MR) is 157 cm³/mol. The second-order valence-corrected chi connectivity index (χ2v) is 14.0. The van der Waals surface area contributed by atoms with Crippen LogP contribution in [0, 0.1) is 0 Å². The molecule has 0 aromatic heterocycles. The molecule has 0 saturated carbocycles. The van der Waals surface area contributed by atoms with Crippen LogP contribution in [-0.4, -0.2) is 75.4 Å². The number of aliphatic hydroxyl groups is 1. The Labute approximate surface area is 272 Å². The molecule has 232 valence electrons. The first-order valence-electron chi connectivity index (χ1n) is 12.3. The van der Waals surface area contributed by atoms with Crippen LogP contribution in [0.1, 0.15) is 11.1 Å². The molecule has 42 heavy (non-hydrogen) atoms. The van der Waals surface area contributed by atoms with E-state index < -0.39 is 63.7 Å². The number of carbonyl (C=O) groups is 2. The largest absolute Gasteiger partial charge is 0.508 e. The van der Waals surface area contributed by atoms with Crippen LogP contribution in [0.2, 0.25) is 0 Å². The van der Waals surface area contributed by atoms with Crippen molar-refractivity contribution in [3.63, 3.8) is 0 Å². The molecule has 2 aromatic rings. The van der Waals surface area contributed by atoms with Crippen molar-refractivity contribution in [2.24, 2.45) is 0 Å². The summed E-state index contributed by atoms with van der Waals surface area (Å²) < 4.78 is 29.2. The number of hydrogen-bond donors (Lipinski definition) is 2. The van der Waals surface area contributed by atoms with Crippen molar-refractivity contribution in [2.75, 3.05) is 19.8 Å². The summed E-state index contributed by atoms with van der Waals surface area (Å²) in [5.74, 6) is 0. The summed E-state index contributed by atoms with van der Waals surface area (Å²) in [6.45, 7) is -1.12. The van der Waals surface area contributed by atoms with Crippen LogP contribution in [0.3, 0.4) is 0 Å². The average Bonchev–Trinajstić information content (AvgIpc) is 2.93. The maximum Gasteiger partial charge on any atom is 0.508 e. The first kappa shape index (κ1) is 35.0. The van der Waals surface area contributed by atoms with Gasteiger partial charge < -0.3 is 38.8 Å². The number of nitrogens with one attached hydrogen (secondary N) is 1. The molecule has 0 aliphatic carbocycles. The molecular weight excluding hydrogens is 683 g/mol. The lowest BCUT2D eigenvalue weighted by Gasteiger charge is -2.44. The van der Waals surface area contributed by atoms with Gasteiger partial charge in [-0.1, -0.05) is 130 Å². The van der Waals surface area contributed by atoms with E-state index in [1.165, 1.54) is 0 Å². The van der Waals surface area contributed by atoms with E-state index in [1.54, 1.807) is 0 Å². The molecule has 2 aromatic carbocycles. The van der Waals surface area contributed by atoms with Gasteiger partial charge in [0.25, 0.3) is 0 Å². The molecule has 0 spiro atoms. The molecule has 1 aliphatic rings. The lowest BCUT2D eigenvalue weighted by Crippen LogP contribution is -2.66. The topological polar surface area (TPSA) is 122 Å². The zero-order valence-corrected chi connectivity index (χ0v) is 26.2. The lowest BCUT2D eigenvalue weighted by molar-refractivity contribution is -0.269. The molecule has 1 amide bonds. The Morgan fingerprint density at radius 1 is 0.810 bits per heavy atom. The van der Waals surface area contributed by atoms with Gasteiger partial charge in [-0.25, -0.2) is 9.59 Å². The molecule has 3 rings (SSSR count). The molecule has 5 atom stereocenters. The van der Waals surface area contributed by atoms with E-state index in [1.807, 2.05) is 60.7 Å². The van der Waals surface area contributed by atoms with E-state index in [4.69, 9.17) is 98.0 Å². The molecule has 1 aliphatic heterocycles. The SMILES string of the molecule is O=C(N[C@@H]1[C@@H](OC(=O)OCC(Cl)(Cl)Cl)[C@H](OCc2ccccc2)[C@@H](COCc2ccccc2)O[C@@H]1O)OCC(Cl)(Cl)Cl. The zero-order chi connectivity index (χ0) is 30.8. The second kappa shape index (κ2) is 16.6. The van der Waals surface area contributed by atoms with Crippen LogP contribution in [0.25, 0.3) is 0 Å². The number of benzene rings is 2. The van der Waals surface area contributed by atoms with E-state index >= 15 is 0 Å². The van der Waals surface area contributed by atoms with Gasteiger partial charge in [0.05, 0.1) is 19.8 Å². The molecule has 0 radical (unpaired) electrons. The summed E-state index contributed by atoms with van der Waals surface area (Å²) in [5, 5.41) is 13.3. The predicted octanol–water partition coefficient (Wildman–Crippen LogP) is 5.86. The van der Waals surface area contributed by atoms with Crippen LogP contribution in [0.4, 0.5) is 9.59 Å². The van der Waals surface area contributed by atoms with E-state index in [-0.39, 0.29) is 19.8 Å². The van der Waals surface area contributed by atoms with Crippen molar-refractivity contribution >= 4 is 81.9 Å². The Bertz CT molecular complexity index is 1120. The van der Waals surface area contributed by atoms with Gasteiger partial charge >= 0.3 is 12.2 Å². The highest BCUT2D eigenvalue weighted by Gasteiger charge is 2.50. The third-order valence-corrected chi connectivity index (χ3v) is 6.24. The van der Waals surface area contributed by atoms with Gasteiger partial charge in [-0.2, -0.15) is 0 Å². The standard InChI is InChI=1S/C26H27Cl6NO9/c27-25(28,29)14-39-23(35)33-19-21(42-24(36)40-15-26(30,31)32)20(38-12-17-9-5-2-6-10-17)18(41-22(19)34)13-37-11-16-7-3-1-4-8-16/h1-10,18-22,34H,11-15H2,(H,33,35)/t18-,19-,20-,21-,22+/m1/s1. The summed E-state index contributed by atoms with van der Waals surface area (Å²) in [4.78, 5) is 25.2. The molecule has 1 fully saturated rings. The molecule has 0 bridgehead atoms. The monoisotopic (exact) mass is 707 g/mol. The molecular formula is C26H27Cl6NO9. The highest BCUT2D eigenvalue weighted by atomic mass is 35.6. The van der Waals surface area contributed by atoms with Crippen LogP contribution in [0.15, 0.2) is 60.7 Å². The van der Waals surface area contributed by atoms with Crippen molar-refractivity contribution < 1.29 is 43.1 Å². The van der Waals surface area contributed by atoms with E-state index in [2.05, 4.69) is 5.32 Å². The minimum absolute atomic E-state index is 0.0354. The summed E-state index contributed by atoms with van der Waals surface area (Å²) in [5.41, 5.74) is 1.66. The smallest absolute Gasteiger partial charge is 0.445 e. The van der Waals surface area contributed by atoms with Crippen molar-refractivity contribution in [3.8, 4) is 0 Å². The fourth-order valence-electron chi connectivity index (χ4n) is 3.79. The van der Waals surface area contributed by atoms with Crippen molar-refractivity contribution in [1.29, 1.82) is 0 Å². The quantitative estimate of drug-likeness (QED) is 0.218. The van der Waals surface area contributed by atoms with Crippen molar-refractivity contribution in [3.05, 3.63) is 71.8 Å². The van der Waals surface area contributed by atoms with Gasteiger partial charge in [0, 0.05) is 0 Å². The third-order valence-electron chi connectivity index (χ3n) is 5.58. The number of rotatable bonds is 11. The number of aliphatic hydroxyl groups excluding tert-OH is 1. The molecule has 10 nitrogen and oxygen atoms in total. The minimum atomic E-state index is -1.93. The summed E-state index contributed by atoms with van der Waals surface area (Å²) in [6, 6.07) is 17.0. The number of amides is 1. The highest BCUT2D eigenvalue weighted by molar-refractivity contribution is 6.68. The lowest BCUT2D eigenvalue weighted by atomic mass is 9.96. The molecule has 0 unspecified atom stereocenters. The number of alkyl carbamates (subject to hydrolysis) is 1. The van der Waals surface area contributed by atoms with Crippen molar-refractivity contribution in [1.82, 2.24) is 5.32 Å². The van der Waals surface area contributed by atoms with Gasteiger partial charge in [-0.3, -0.25) is 0 Å². The molecule has 1 heterocycles. The molecule has 2 N–H and O–H groups in total. The number of hydrogen-bond acceptors (Lipinski definition) is 9. The van der Waals surface area contributed by atoms with E-state index in [9.17, 15) is 14.7 Å². The Balaban J connectivity index is 1.84. The molecule has 16 heteroatoms. The second-order valence-electron chi connectivity index (χ2n) is 8.92. The fraction of sp³-hybridized carbons (Fsp3) is 0.462. The first-order chi connectivity index (χ1) is 19.8. The Kier molecular flexibility index (Phi) is 13.8.